The molecule has 2 nitrogen and oxygen atoms in total. The molecule has 0 fully saturated rings. The Kier molecular flexibility index (Phi) is 3.86. The molecule has 1 N–H and O–H groups in total. The molecule has 0 aliphatic carbocycles. The molecule has 0 aliphatic rings. The van der Waals surface area contributed by atoms with E-state index in [4.69, 9.17) is 4.74 Å². The van der Waals surface area contributed by atoms with Gasteiger partial charge in [0.25, 0.3) is 6.43 Å². The number of rotatable bonds is 4. The highest BCUT2D eigenvalue weighted by molar-refractivity contribution is 5.42. The first-order valence-corrected chi connectivity index (χ1v) is 5.08. The molecule has 16 heavy (non-hydrogen) atoms. The number of methoxy groups -OCH3 is 1. The number of nitrogens with one attached hydrogen (secondary N) is 1. The minimum Gasteiger partial charge on any atom is -0.496 e. The summed E-state index contributed by atoms with van der Waals surface area (Å²) in [5.41, 5.74) is 0.0163. The van der Waals surface area contributed by atoms with Gasteiger partial charge >= 0.3 is 0 Å². The second-order valence-electron chi connectivity index (χ2n) is 3.96. The minimum absolute atomic E-state index is 0.475. The van der Waals surface area contributed by atoms with Crippen molar-refractivity contribution in [1.29, 1.82) is 0 Å². The summed E-state index contributed by atoms with van der Waals surface area (Å²) in [6.07, 6.45) is -2.51. The highest BCUT2D eigenvalue weighted by Crippen LogP contribution is 2.34. The Morgan fingerprint density at radius 2 is 2.00 bits per heavy atom. The molecule has 90 valence electrons. The molecule has 0 radical (unpaired) electrons. The molecular formula is C12H17F2NO. The molecule has 0 amide bonds. The van der Waals surface area contributed by atoms with Gasteiger partial charge in [0.2, 0.25) is 0 Å². The predicted octanol–water partition coefficient (Wildman–Crippen LogP) is 2.70. The summed E-state index contributed by atoms with van der Waals surface area (Å²) < 4.78 is 31.3. The first-order chi connectivity index (χ1) is 7.45. The Balaban J connectivity index is 3.33. The van der Waals surface area contributed by atoms with Gasteiger partial charge in [-0.25, -0.2) is 8.78 Å². The topological polar surface area (TPSA) is 21.3 Å². The summed E-state index contributed by atoms with van der Waals surface area (Å²) >= 11 is 0. The number of hydrogen-bond donors (Lipinski definition) is 1. The summed E-state index contributed by atoms with van der Waals surface area (Å²) in [5, 5.41) is 2.67. The number of benzene rings is 1. The van der Waals surface area contributed by atoms with Crippen LogP contribution in [-0.2, 0) is 5.54 Å². The van der Waals surface area contributed by atoms with Crippen molar-refractivity contribution < 1.29 is 13.5 Å². The second kappa shape index (κ2) is 4.78. The van der Waals surface area contributed by atoms with E-state index in [1.807, 2.05) is 13.0 Å². The summed E-state index contributed by atoms with van der Waals surface area (Å²) in [6.45, 7) is 3.33. The van der Waals surface area contributed by atoms with Crippen molar-refractivity contribution in [3.05, 3.63) is 29.3 Å². The van der Waals surface area contributed by atoms with Crippen LogP contribution in [0.25, 0.3) is 0 Å². The molecule has 0 saturated carbocycles. The van der Waals surface area contributed by atoms with Gasteiger partial charge in [-0.1, -0.05) is 17.7 Å². The van der Waals surface area contributed by atoms with Crippen LogP contribution in [0.2, 0.25) is 0 Å². The fraction of sp³-hybridized carbons (Fsp3) is 0.500. The van der Waals surface area contributed by atoms with E-state index in [9.17, 15) is 8.78 Å². The minimum atomic E-state index is -2.51. The van der Waals surface area contributed by atoms with Gasteiger partial charge in [-0.2, -0.15) is 0 Å². The van der Waals surface area contributed by atoms with E-state index < -0.39 is 12.0 Å². The largest absolute Gasteiger partial charge is 0.496 e. The monoisotopic (exact) mass is 229 g/mol. The quantitative estimate of drug-likeness (QED) is 0.857. The first-order valence-electron chi connectivity index (χ1n) is 5.08. The van der Waals surface area contributed by atoms with Crippen LogP contribution in [0.4, 0.5) is 8.78 Å². The molecule has 1 aromatic rings. The number of alkyl halides is 2. The zero-order chi connectivity index (χ0) is 12.3. The van der Waals surface area contributed by atoms with Crippen LogP contribution < -0.4 is 10.1 Å². The van der Waals surface area contributed by atoms with E-state index in [1.165, 1.54) is 21.1 Å². The number of ether oxygens (including phenoxy) is 1. The molecule has 1 aromatic carbocycles. The molecule has 1 atom stereocenters. The van der Waals surface area contributed by atoms with E-state index in [2.05, 4.69) is 5.32 Å². The van der Waals surface area contributed by atoms with E-state index in [-0.39, 0.29) is 0 Å². The molecule has 0 aromatic heterocycles. The molecule has 0 heterocycles. The van der Waals surface area contributed by atoms with Crippen LogP contribution in [0.3, 0.4) is 0 Å². The van der Waals surface area contributed by atoms with Gasteiger partial charge in [0.15, 0.2) is 0 Å². The SMILES string of the molecule is CNC(C)(c1cc(C)ccc1OC)C(F)F. The fourth-order valence-electron chi connectivity index (χ4n) is 1.59. The van der Waals surface area contributed by atoms with Crippen molar-refractivity contribution in [2.24, 2.45) is 0 Å². The van der Waals surface area contributed by atoms with Crippen LogP contribution in [0.15, 0.2) is 18.2 Å². The molecule has 4 heteroatoms. The summed E-state index contributed by atoms with van der Waals surface area (Å²) in [5.74, 6) is 0.475. The van der Waals surface area contributed by atoms with E-state index in [0.717, 1.165) is 5.56 Å². The molecule has 0 aliphatic heterocycles. The maximum Gasteiger partial charge on any atom is 0.260 e. The Labute approximate surface area is 94.6 Å². The predicted molar refractivity (Wildman–Crippen MR) is 60.1 cm³/mol. The Morgan fingerprint density at radius 1 is 1.38 bits per heavy atom. The lowest BCUT2D eigenvalue weighted by Gasteiger charge is -2.30. The van der Waals surface area contributed by atoms with E-state index in [1.54, 1.807) is 12.1 Å². The molecule has 1 rings (SSSR count). The average Bonchev–Trinajstić information content (AvgIpc) is 2.27. The number of hydrogen-bond acceptors (Lipinski definition) is 2. The van der Waals surface area contributed by atoms with Gasteiger partial charge in [0.1, 0.15) is 11.3 Å². The fourth-order valence-corrected chi connectivity index (χ4v) is 1.59. The van der Waals surface area contributed by atoms with Crippen molar-refractivity contribution in [2.45, 2.75) is 25.8 Å². The first kappa shape index (κ1) is 12.9. The zero-order valence-corrected chi connectivity index (χ0v) is 9.97. The van der Waals surface area contributed by atoms with Crippen molar-refractivity contribution >= 4 is 0 Å². The summed E-state index contributed by atoms with van der Waals surface area (Å²) in [7, 11) is 3.00. The Bertz CT molecular complexity index is 368. The smallest absolute Gasteiger partial charge is 0.260 e. The number of aryl methyl sites for hydroxylation is 1. The van der Waals surface area contributed by atoms with Gasteiger partial charge < -0.3 is 10.1 Å². The van der Waals surface area contributed by atoms with Gasteiger partial charge in [0.05, 0.1) is 7.11 Å². The van der Waals surface area contributed by atoms with Gasteiger partial charge in [-0.15, -0.1) is 0 Å². The van der Waals surface area contributed by atoms with E-state index in [0.29, 0.717) is 11.3 Å². The third kappa shape index (κ3) is 2.16. The lowest BCUT2D eigenvalue weighted by atomic mass is 9.90. The highest BCUT2D eigenvalue weighted by atomic mass is 19.3. The molecular weight excluding hydrogens is 212 g/mol. The lowest BCUT2D eigenvalue weighted by molar-refractivity contribution is 0.0417. The molecule has 0 spiro atoms. The molecule has 0 bridgehead atoms. The van der Waals surface area contributed by atoms with Crippen LogP contribution in [0.1, 0.15) is 18.1 Å². The van der Waals surface area contributed by atoms with Crippen LogP contribution in [0.5, 0.6) is 5.75 Å². The molecule has 0 saturated heterocycles. The average molecular weight is 229 g/mol. The Hall–Kier alpha value is -1.16. The van der Waals surface area contributed by atoms with E-state index >= 15 is 0 Å². The second-order valence-corrected chi connectivity index (χ2v) is 3.96. The zero-order valence-electron chi connectivity index (χ0n) is 9.97. The summed E-state index contributed by atoms with van der Waals surface area (Å²) in [6, 6.07) is 5.27. The third-order valence-electron chi connectivity index (χ3n) is 2.87. The van der Waals surface area contributed by atoms with Crippen LogP contribution >= 0.6 is 0 Å². The Morgan fingerprint density at radius 3 is 2.44 bits per heavy atom. The highest BCUT2D eigenvalue weighted by Gasteiger charge is 2.37. The van der Waals surface area contributed by atoms with Crippen molar-refractivity contribution in [3.63, 3.8) is 0 Å². The van der Waals surface area contributed by atoms with Gasteiger partial charge in [0, 0.05) is 5.56 Å². The third-order valence-corrected chi connectivity index (χ3v) is 2.87. The van der Waals surface area contributed by atoms with Crippen molar-refractivity contribution in [1.82, 2.24) is 5.32 Å². The van der Waals surface area contributed by atoms with Crippen molar-refractivity contribution in [3.8, 4) is 5.75 Å². The van der Waals surface area contributed by atoms with Crippen LogP contribution in [-0.4, -0.2) is 20.6 Å². The lowest BCUT2D eigenvalue weighted by Crippen LogP contribution is -2.43. The standard InChI is InChI=1S/C12H17F2NO/c1-8-5-6-10(16-4)9(7-8)12(2,15-3)11(13)14/h5-7,11,15H,1-4H3. The van der Waals surface area contributed by atoms with Gasteiger partial charge in [-0.3, -0.25) is 0 Å². The van der Waals surface area contributed by atoms with Crippen LogP contribution in [0, 0.1) is 6.92 Å². The normalized spacial score (nSPS) is 14.9. The molecule has 1 unspecified atom stereocenters. The summed E-state index contributed by atoms with van der Waals surface area (Å²) in [4.78, 5) is 0. The maximum atomic E-state index is 13.1. The van der Waals surface area contributed by atoms with Crippen molar-refractivity contribution in [2.75, 3.05) is 14.2 Å². The maximum absolute atomic E-state index is 13.1. The number of halogens is 2. The van der Waals surface area contributed by atoms with Gasteiger partial charge in [-0.05, 0) is 27.0 Å².